The molecule has 2 rings (SSSR count). The van der Waals surface area contributed by atoms with Crippen LogP contribution < -0.4 is 11.2 Å². The first kappa shape index (κ1) is 19.5. The van der Waals surface area contributed by atoms with E-state index in [1.165, 1.54) is 19.2 Å². The predicted octanol–water partition coefficient (Wildman–Crippen LogP) is 1.34. The Bertz CT molecular complexity index is 936. The van der Waals surface area contributed by atoms with E-state index >= 15 is 0 Å². The Morgan fingerprint density at radius 2 is 1.88 bits per heavy atom. The molecule has 0 spiro atoms. The molecule has 0 saturated carbocycles. The van der Waals surface area contributed by atoms with E-state index in [0.29, 0.717) is 0 Å². The van der Waals surface area contributed by atoms with Crippen molar-refractivity contribution >= 4 is 5.97 Å². The maximum atomic E-state index is 14.2. The van der Waals surface area contributed by atoms with Crippen LogP contribution in [0.25, 0.3) is 11.1 Å². The highest BCUT2D eigenvalue weighted by molar-refractivity contribution is 5.69. The number of ether oxygens (including phenoxy) is 2. The maximum absolute atomic E-state index is 14.2. The fraction of sp³-hybridized carbons (Fsp3) is 0.353. The van der Waals surface area contributed by atoms with Crippen molar-refractivity contribution in [2.75, 3.05) is 20.8 Å². The average Bonchev–Trinajstić information content (AvgIpc) is 2.60. The van der Waals surface area contributed by atoms with Gasteiger partial charge in [0.05, 0.1) is 25.3 Å². The van der Waals surface area contributed by atoms with Gasteiger partial charge in [-0.15, -0.1) is 0 Å². The van der Waals surface area contributed by atoms with Crippen LogP contribution in [-0.2, 0) is 20.8 Å². The second-order valence-electron chi connectivity index (χ2n) is 5.61. The highest BCUT2D eigenvalue weighted by Gasteiger charge is 2.21. The average molecular weight is 368 g/mol. The number of halogens is 2. The number of nitrogens with zero attached hydrogens (tertiary/aromatic N) is 2. The molecule has 140 valence electrons. The van der Waals surface area contributed by atoms with Crippen LogP contribution in [0.5, 0.6) is 0 Å². The molecule has 0 radical (unpaired) electrons. The lowest BCUT2D eigenvalue weighted by molar-refractivity contribution is -0.141. The van der Waals surface area contributed by atoms with Gasteiger partial charge in [0.25, 0.3) is 5.56 Å². The molecule has 1 heterocycles. The molecule has 1 unspecified atom stereocenters. The van der Waals surface area contributed by atoms with Crippen molar-refractivity contribution < 1.29 is 23.0 Å². The topological polar surface area (TPSA) is 79.5 Å². The van der Waals surface area contributed by atoms with Crippen LogP contribution >= 0.6 is 0 Å². The Morgan fingerprint density at radius 1 is 1.19 bits per heavy atom. The smallest absolute Gasteiger partial charge is 0.331 e. The van der Waals surface area contributed by atoms with Crippen molar-refractivity contribution in [3.63, 3.8) is 0 Å². The molecule has 0 aliphatic carbocycles. The third kappa shape index (κ3) is 3.72. The highest BCUT2D eigenvalue weighted by atomic mass is 19.2. The number of aromatic nitrogens is 2. The minimum absolute atomic E-state index is 0.0302. The van der Waals surface area contributed by atoms with Gasteiger partial charge < -0.3 is 9.47 Å². The Morgan fingerprint density at radius 3 is 2.50 bits per heavy atom. The summed E-state index contributed by atoms with van der Waals surface area (Å²) < 4.78 is 39.0. The van der Waals surface area contributed by atoms with Crippen LogP contribution in [0.1, 0.15) is 13.0 Å². The van der Waals surface area contributed by atoms with E-state index in [4.69, 9.17) is 4.74 Å². The zero-order valence-electron chi connectivity index (χ0n) is 14.5. The van der Waals surface area contributed by atoms with E-state index in [9.17, 15) is 23.2 Å². The Kier molecular flexibility index (Phi) is 6.04. The summed E-state index contributed by atoms with van der Waals surface area (Å²) in [6, 6.07) is 2.68. The summed E-state index contributed by atoms with van der Waals surface area (Å²) in [5.41, 5.74) is -2.17. The van der Waals surface area contributed by atoms with Gasteiger partial charge in [-0.05, 0) is 13.0 Å². The summed E-state index contributed by atoms with van der Waals surface area (Å²) in [6.45, 7) is 1.10. The fourth-order valence-corrected chi connectivity index (χ4v) is 2.54. The monoisotopic (exact) mass is 368 g/mol. The second-order valence-corrected chi connectivity index (χ2v) is 5.61. The van der Waals surface area contributed by atoms with Gasteiger partial charge in [-0.2, -0.15) is 0 Å². The van der Waals surface area contributed by atoms with Crippen LogP contribution in [-0.4, -0.2) is 35.9 Å². The van der Waals surface area contributed by atoms with Gasteiger partial charge in [0.15, 0.2) is 11.6 Å². The SMILES string of the molecule is COCC(C)n1c(=O)c(-c2cccc(F)c2F)cn(CC(=O)OC)c1=O. The number of esters is 1. The van der Waals surface area contributed by atoms with Gasteiger partial charge in [0.1, 0.15) is 6.54 Å². The van der Waals surface area contributed by atoms with Crippen LogP contribution in [0, 0.1) is 11.6 Å². The summed E-state index contributed by atoms with van der Waals surface area (Å²) >= 11 is 0. The van der Waals surface area contributed by atoms with E-state index in [1.54, 1.807) is 6.92 Å². The van der Waals surface area contributed by atoms with Crippen molar-refractivity contribution in [2.45, 2.75) is 19.5 Å². The molecule has 1 atom stereocenters. The summed E-state index contributed by atoms with van der Waals surface area (Å²) in [5.74, 6) is -3.09. The number of hydrogen-bond acceptors (Lipinski definition) is 5. The van der Waals surface area contributed by atoms with Gasteiger partial charge in [-0.1, -0.05) is 12.1 Å². The molecule has 0 aliphatic rings. The van der Waals surface area contributed by atoms with E-state index in [-0.39, 0.29) is 17.7 Å². The largest absolute Gasteiger partial charge is 0.468 e. The number of carbonyl (C=O) groups is 1. The van der Waals surface area contributed by atoms with Crippen LogP contribution in [0.4, 0.5) is 8.78 Å². The van der Waals surface area contributed by atoms with E-state index in [1.807, 2.05) is 0 Å². The molecule has 7 nitrogen and oxygen atoms in total. The number of carbonyl (C=O) groups excluding carboxylic acids is 1. The Hall–Kier alpha value is -2.81. The molecule has 9 heteroatoms. The molecular weight excluding hydrogens is 350 g/mol. The van der Waals surface area contributed by atoms with Crippen molar-refractivity contribution in [1.82, 2.24) is 9.13 Å². The van der Waals surface area contributed by atoms with Crippen molar-refractivity contribution in [1.29, 1.82) is 0 Å². The molecule has 0 fully saturated rings. The molecular formula is C17H18F2N2O5. The molecule has 0 bridgehead atoms. The first-order chi connectivity index (χ1) is 12.3. The summed E-state index contributed by atoms with van der Waals surface area (Å²) in [7, 11) is 2.54. The minimum atomic E-state index is -1.22. The fourth-order valence-electron chi connectivity index (χ4n) is 2.54. The molecule has 0 aliphatic heterocycles. The lowest BCUT2D eigenvalue weighted by atomic mass is 10.1. The quantitative estimate of drug-likeness (QED) is 0.719. The van der Waals surface area contributed by atoms with Crippen LogP contribution in [0.3, 0.4) is 0 Å². The Labute approximate surface area is 147 Å². The maximum Gasteiger partial charge on any atom is 0.331 e. The number of benzene rings is 1. The van der Waals surface area contributed by atoms with Gasteiger partial charge >= 0.3 is 11.7 Å². The standard InChI is InChI=1S/C17H18F2N2O5/c1-10(9-25-2)21-16(23)12(11-5-4-6-13(18)15(11)19)7-20(17(21)24)8-14(22)26-3/h4-7,10H,8-9H2,1-3H3. The molecule has 26 heavy (non-hydrogen) atoms. The lowest BCUT2D eigenvalue weighted by Gasteiger charge is -2.17. The predicted molar refractivity (Wildman–Crippen MR) is 88.9 cm³/mol. The molecule has 1 aromatic carbocycles. The van der Waals surface area contributed by atoms with Crippen LogP contribution in [0.2, 0.25) is 0 Å². The highest BCUT2D eigenvalue weighted by Crippen LogP contribution is 2.21. The first-order valence-corrected chi connectivity index (χ1v) is 7.67. The van der Waals surface area contributed by atoms with Crippen molar-refractivity contribution in [3.05, 3.63) is 56.9 Å². The zero-order valence-corrected chi connectivity index (χ0v) is 14.5. The molecule has 2 aromatic rings. The normalized spacial score (nSPS) is 12.0. The first-order valence-electron chi connectivity index (χ1n) is 7.67. The zero-order chi connectivity index (χ0) is 19.4. The number of hydrogen-bond donors (Lipinski definition) is 0. The summed E-state index contributed by atoms with van der Waals surface area (Å²) in [6.07, 6.45) is 1.02. The molecule has 0 amide bonds. The lowest BCUT2D eigenvalue weighted by Crippen LogP contribution is -2.44. The number of methoxy groups -OCH3 is 2. The van der Waals surface area contributed by atoms with Gasteiger partial charge in [-0.3, -0.25) is 18.7 Å². The third-order valence-electron chi connectivity index (χ3n) is 3.80. The van der Waals surface area contributed by atoms with E-state index in [2.05, 4.69) is 4.74 Å². The number of rotatable bonds is 6. The minimum Gasteiger partial charge on any atom is -0.468 e. The van der Waals surface area contributed by atoms with Gasteiger partial charge in [0, 0.05) is 18.9 Å². The summed E-state index contributed by atoms with van der Waals surface area (Å²) in [5, 5.41) is 0. The van der Waals surface area contributed by atoms with Gasteiger partial charge in [0.2, 0.25) is 0 Å². The van der Waals surface area contributed by atoms with Crippen molar-refractivity contribution in [2.24, 2.45) is 0 Å². The molecule has 1 aromatic heterocycles. The Balaban J connectivity index is 2.79. The van der Waals surface area contributed by atoms with Crippen molar-refractivity contribution in [3.8, 4) is 11.1 Å². The molecule has 0 saturated heterocycles. The second kappa shape index (κ2) is 8.05. The van der Waals surface area contributed by atoms with E-state index in [0.717, 1.165) is 28.5 Å². The van der Waals surface area contributed by atoms with E-state index < -0.39 is 41.4 Å². The third-order valence-corrected chi connectivity index (χ3v) is 3.80. The van der Waals surface area contributed by atoms with Crippen LogP contribution in [0.15, 0.2) is 34.0 Å². The molecule has 0 N–H and O–H groups in total. The summed E-state index contributed by atoms with van der Waals surface area (Å²) in [4.78, 5) is 36.9. The van der Waals surface area contributed by atoms with Gasteiger partial charge in [-0.25, -0.2) is 13.6 Å².